The Balaban J connectivity index is 2.02. The lowest BCUT2D eigenvalue weighted by Gasteiger charge is -2.10. The molecule has 25 heavy (non-hydrogen) atoms. The molecular weight excluding hydrogens is 394 g/mol. The highest BCUT2D eigenvalue weighted by atomic mass is 79.9. The first-order valence-corrected chi connectivity index (χ1v) is 8.20. The molecule has 1 atom stereocenters. The van der Waals surface area contributed by atoms with Crippen molar-refractivity contribution in [3.05, 3.63) is 37.9 Å². The van der Waals surface area contributed by atoms with Gasteiger partial charge in [0.25, 0.3) is 0 Å². The van der Waals surface area contributed by atoms with Gasteiger partial charge in [0.2, 0.25) is 5.91 Å². The lowest BCUT2D eigenvalue weighted by molar-refractivity contribution is -0.386. The van der Waals surface area contributed by atoms with Gasteiger partial charge < -0.3 is 0 Å². The highest BCUT2D eigenvalue weighted by Crippen LogP contribution is 2.22. The number of nitro groups is 1. The van der Waals surface area contributed by atoms with Crippen LogP contribution in [0.3, 0.4) is 0 Å². The van der Waals surface area contributed by atoms with Gasteiger partial charge in [-0.2, -0.15) is 15.3 Å². The number of aromatic nitrogens is 4. The van der Waals surface area contributed by atoms with Gasteiger partial charge in [-0.25, -0.2) is 5.43 Å². The second-order valence-corrected chi connectivity index (χ2v) is 6.45. The van der Waals surface area contributed by atoms with Crippen molar-refractivity contribution in [3.8, 4) is 0 Å². The fraction of sp³-hybridized carbons (Fsp3) is 0.429. The monoisotopic (exact) mass is 411 g/mol. The van der Waals surface area contributed by atoms with Crippen LogP contribution in [0, 0.1) is 29.9 Å². The van der Waals surface area contributed by atoms with Gasteiger partial charge in [-0.1, -0.05) is 6.92 Å². The molecule has 0 aliphatic rings. The summed E-state index contributed by atoms with van der Waals surface area (Å²) < 4.78 is 3.84. The Bertz CT molecular complexity index is 820. The molecule has 0 saturated heterocycles. The van der Waals surface area contributed by atoms with Crippen molar-refractivity contribution in [1.29, 1.82) is 0 Å². The number of carbonyl (C=O) groups is 1. The zero-order valence-electron chi connectivity index (χ0n) is 14.2. The molecule has 0 fully saturated rings. The molecule has 2 rings (SSSR count). The van der Waals surface area contributed by atoms with Crippen molar-refractivity contribution in [2.75, 3.05) is 0 Å². The van der Waals surface area contributed by atoms with Gasteiger partial charge in [-0.05, 0) is 29.8 Å². The van der Waals surface area contributed by atoms with Crippen molar-refractivity contribution in [1.82, 2.24) is 25.0 Å². The van der Waals surface area contributed by atoms with E-state index in [1.165, 1.54) is 10.9 Å². The van der Waals surface area contributed by atoms with Gasteiger partial charge in [0.15, 0.2) is 0 Å². The van der Waals surface area contributed by atoms with Crippen LogP contribution < -0.4 is 5.43 Å². The summed E-state index contributed by atoms with van der Waals surface area (Å²) in [7, 11) is 1.76. The van der Waals surface area contributed by atoms with Crippen LogP contribution in [0.2, 0.25) is 0 Å². The summed E-state index contributed by atoms with van der Waals surface area (Å²) in [5, 5.41) is 23.1. The van der Waals surface area contributed by atoms with Gasteiger partial charge in [0.1, 0.15) is 11.4 Å². The highest BCUT2D eigenvalue weighted by molar-refractivity contribution is 9.10. The molecule has 2 heterocycles. The third-order valence-corrected chi connectivity index (χ3v) is 4.33. The Labute approximate surface area is 152 Å². The Morgan fingerprint density at radius 1 is 1.56 bits per heavy atom. The van der Waals surface area contributed by atoms with E-state index in [0.717, 1.165) is 4.47 Å². The SMILES string of the molecule is Cc1nn(C[C@H](C)C(=O)N/N=C\c2c(Br)cnn2C)c(C)c1[N+](=O)[O-]. The molecule has 10 nitrogen and oxygen atoms in total. The average molecular weight is 412 g/mol. The van der Waals surface area contributed by atoms with E-state index in [4.69, 9.17) is 0 Å². The quantitative estimate of drug-likeness (QED) is 0.440. The molecule has 1 N–H and O–H groups in total. The van der Waals surface area contributed by atoms with Crippen molar-refractivity contribution >= 4 is 33.7 Å². The third-order valence-electron chi connectivity index (χ3n) is 3.72. The molecule has 2 aromatic rings. The van der Waals surface area contributed by atoms with Crippen LogP contribution in [0.25, 0.3) is 0 Å². The summed E-state index contributed by atoms with van der Waals surface area (Å²) in [6.07, 6.45) is 3.11. The standard InChI is InChI=1S/C14H18BrN7O3/c1-8(7-21-10(3)13(22(24)25)9(2)19-21)14(23)18-16-6-12-11(15)5-17-20(12)4/h5-6,8H,7H2,1-4H3,(H,18,23)/b16-6-/t8-/m0/s1. The van der Waals surface area contributed by atoms with E-state index in [1.807, 2.05) is 0 Å². The maximum absolute atomic E-state index is 12.1. The van der Waals surface area contributed by atoms with Crippen molar-refractivity contribution in [2.45, 2.75) is 27.3 Å². The zero-order valence-corrected chi connectivity index (χ0v) is 15.8. The van der Waals surface area contributed by atoms with Gasteiger partial charge in [-0.15, -0.1) is 0 Å². The molecule has 134 valence electrons. The molecule has 1 amide bonds. The number of hydrogen-bond acceptors (Lipinski definition) is 6. The first-order chi connectivity index (χ1) is 11.7. The number of aryl methyl sites for hydroxylation is 2. The van der Waals surface area contributed by atoms with Crippen molar-refractivity contribution in [2.24, 2.45) is 18.1 Å². The molecule has 0 aliphatic carbocycles. The number of hydrazone groups is 1. The Morgan fingerprint density at radius 2 is 2.24 bits per heavy atom. The minimum Gasteiger partial charge on any atom is -0.273 e. The summed E-state index contributed by atoms with van der Waals surface area (Å²) in [6.45, 7) is 5.10. The summed E-state index contributed by atoms with van der Waals surface area (Å²) in [5.41, 5.74) is 3.89. The van der Waals surface area contributed by atoms with E-state index in [1.54, 1.807) is 38.7 Å². The lowest BCUT2D eigenvalue weighted by Crippen LogP contribution is -2.28. The van der Waals surface area contributed by atoms with Crippen LogP contribution >= 0.6 is 15.9 Å². The van der Waals surface area contributed by atoms with Gasteiger partial charge in [-0.3, -0.25) is 24.3 Å². The van der Waals surface area contributed by atoms with E-state index >= 15 is 0 Å². The van der Waals surface area contributed by atoms with Crippen molar-refractivity contribution in [3.63, 3.8) is 0 Å². The van der Waals surface area contributed by atoms with E-state index in [2.05, 4.69) is 36.7 Å². The predicted octanol–water partition coefficient (Wildman–Crippen LogP) is 1.69. The fourth-order valence-electron chi connectivity index (χ4n) is 2.30. The Morgan fingerprint density at radius 3 is 2.76 bits per heavy atom. The van der Waals surface area contributed by atoms with Crippen LogP contribution in [-0.2, 0) is 18.4 Å². The molecule has 0 aliphatic heterocycles. The summed E-state index contributed by atoms with van der Waals surface area (Å²) in [5.74, 6) is -0.783. The molecule has 0 radical (unpaired) electrons. The minimum atomic E-state index is -0.468. The van der Waals surface area contributed by atoms with Gasteiger partial charge in [0.05, 0.1) is 40.0 Å². The number of nitrogens with zero attached hydrogens (tertiary/aromatic N) is 6. The zero-order chi connectivity index (χ0) is 18.7. The van der Waals surface area contributed by atoms with E-state index < -0.39 is 10.8 Å². The summed E-state index contributed by atoms with van der Waals surface area (Å²) in [6, 6.07) is 0. The smallest absolute Gasteiger partial charge is 0.273 e. The number of carbonyl (C=O) groups excluding carboxylic acids is 1. The fourth-order valence-corrected chi connectivity index (χ4v) is 2.75. The second-order valence-electron chi connectivity index (χ2n) is 5.60. The molecule has 11 heteroatoms. The summed E-state index contributed by atoms with van der Waals surface area (Å²) in [4.78, 5) is 22.7. The summed E-state index contributed by atoms with van der Waals surface area (Å²) >= 11 is 3.33. The number of nitrogens with one attached hydrogen (secondary N) is 1. The molecule has 0 spiro atoms. The number of halogens is 1. The number of amides is 1. The van der Waals surface area contributed by atoms with Crippen molar-refractivity contribution < 1.29 is 9.72 Å². The maximum atomic E-state index is 12.1. The van der Waals surface area contributed by atoms with E-state index in [-0.39, 0.29) is 18.1 Å². The third kappa shape index (κ3) is 4.10. The topological polar surface area (TPSA) is 120 Å². The first kappa shape index (κ1) is 18.8. The lowest BCUT2D eigenvalue weighted by atomic mass is 10.1. The highest BCUT2D eigenvalue weighted by Gasteiger charge is 2.24. The first-order valence-electron chi connectivity index (χ1n) is 7.41. The molecule has 2 aromatic heterocycles. The normalized spacial score (nSPS) is 12.5. The van der Waals surface area contributed by atoms with Crippen LogP contribution in [0.15, 0.2) is 15.8 Å². The second kappa shape index (κ2) is 7.55. The Kier molecular flexibility index (Phi) is 5.67. The molecular formula is C14H18BrN7O3. The molecule has 0 unspecified atom stereocenters. The predicted molar refractivity (Wildman–Crippen MR) is 94.2 cm³/mol. The van der Waals surface area contributed by atoms with Gasteiger partial charge >= 0.3 is 5.69 Å². The molecule has 0 aromatic carbocycles. The van der Waals surface area contributed by atoms with E-state index in [9.17, 15) is 14.9 Å². The Hall–Kier alpha value is -2.56. The van der Waals surface area contributed by atoms with Crippen LogP contribution in [0.1, 0.15) is 24.0 Å². The van der Waals surface area contributed by atoms with Gasteiger partial charge in [0, 0.05) is 7.05 Å². The average Bonchev–Trinajstić information content (AvgIpc) is 2.99. The maximum Gasteiger partial charge on any atom is 0.312 e. The minimum absolute atomic E-state index is 0.0216. The van der Waals surface area contributed by atoms with Crippen LogP contribution in [0.5, 0.6) is 0 Å². The van der Waals surface area contributed by atoms with Crippen LogP contribution in [-0.4, -0.2) is 36.6 Å². The molecule has 0 saturated carbocycles. The van der Waals surface area contributed by atoms with E-state index in [0.29, 0.717) is 17.1 Å². The van der Waals surface area contributed by atoms with Crippen LogP contribution in [0.4, 0.5) is 5.69 Å². The molecule has 0 bridgehead atoms. The number of rotatable bonds is 6. The largest absolute Gasteiger partial charge is 0.312 e. The number of hydrogen-bond donors (Lipinski definition) is 1.